The van der Waals surface area contributed by atoms with E-state index in [1.807, 2.05) is 0 Å². The van der Waals surface area contributed by atoms with E-state index in [0.717, 1.165) is 0 Å². The highest BCUT2D eigenvalue weighted by molar-refractivity contribution is 7.38. The molecule has 0 radical (unpaired) electrons. The number of alkyl halides is 4. The van der Waals surface area contributed by atoms with Crippen LogP contribution in [0.4, 0.5) is 0 Å². The summed E-state index contributed by atoms with van der Waals surface area (Å²) in [5.41, 5.74) is 0. The van der Waals surface area contributed by atoms with Crippen LogP contribution in [0.2, 0.25) is 0 Å². The summed E-state index contributed by atoms with van der Waals surface area (Å²) in [5, 5.41) is 0. The van der Waals surface area contributed by atoms with Crippen molar-refractivity contribution >= 4 is 112 Å². The fraction of sp³-hybridized carbons (Fsp3) is 1.00. The molecule has 0 aliphatic carbocycles. The van der Waals surface area contributed by atoms with Crippen molar-refractivity contribution in [1.82, 2.24) is 0 Å². The number of hydrogen-bond donors (Lipinski definition) is 0. The molecule has 0 atom stereocenters. The van der Waals surface area contributed by atoms with Crippen LogP contribution in [0, 0.1) is 0 Å². The molecule has 0 saturated heterocycles. The zero-order chi connectivity index (χ0) is 16.9. The quantitative estimate of drug-likeness (QED) is 0.244. The predicted octanol–water partition coefficient (Wildman–Crippen LogP) is 4.89. The zero-order valence-electron chi connectivity index (χ0n) is 11.1. The second-order valence-corrected chi connectivity index (χ2v) is 12.4. The number of rotatable bonds is 10. The second kappa shape index (κ2) is 28.1. The third-order valence-electron chi connectivity index (χ3n) is 1.09. The molecule has 0 aromatic rings. The van der Waals surface area contributed by atoms with Gasteiger partial charge in [0.2, 0.25) is 0 Å². The third kappa shape index (κ3) is 45.1. The first kappa shape index (κ1) is 29.0. The minimum absolute atomic E-state index is 0.552. The highest BCUT2D eigenvalue weighted by Crippen LogP contribution is 2.05. The van der Waals surface area contributed by atoms with Crippen LogP contribution in [-0.4, -0.2) is 75.2 Å². The van der Waals surface area contributed by atoms with Gasteiger partial charge in [-0.05, 0) is 0 Å². The normalized spacial score (nSPS) is 9.14. The van der Waals surface area contributed by atoms with Crippen molar-refractivity contribution in [3.05, 3.63) is 0 Å². The smallest absolute Gasteiger partial charge is 0.588 e. The van der Waals surface area contributed by atoms with Gasteiger partial charge in [0.1, 0.15) is 0 Å². The molecule has 0 spiro atoms. The van der Waals surface area contributed by atoms with Crippen molar-refractivity contribution in [1.29, 1.82) is 0 Å². The van der Waals surface area contributed by atoms with Crippen molar-refractivity contribution in [3.8, 4) is 0 Å². The van der Waals surface area contributed by atoms with Crippen LogP contribution < -0.4 is 0 Å². The molecule has 21 heavy (non-hydrogen) atoms. The second-order valence-electron chi connectivity index (χ2n) is 2.64. The maximum absolute atomic E-state index is 5.27. The van der Waals surface area contributed by atoms with Crippen LogP contribution in [0.3, 0.4) is 0 Å². The summed E-state index contributed by atoms with van der Waals surface area (Å²) in [6, 6.07) is 0. The zero-order valence-corrected chi connectivity index (χ0v) is 19.4. The molecular formula is C8H16Al2Cl8O3. The van der Waals surface area contributed by atoms with E-state index in [2.05, 4.69) is 2.84 Å². The fourth-order valence-corrected chi connectivity index (χ4v) is 7.16. The minimum atomic E-state index is -1.99. The van der Waals surface area contributed by atoms with Crippen molar-refractivity contribution < 1.29 is 12.3 Å². The first-order chi connectivity index (χ1) is 9.95. The molecule has 13 heteroatoms. The number of hydrogen-bond acceptors (Lipinski definition) is 3. The first-order valence-electron chi connectivity index (χ1n) is 5.57. The lowest BCUT2D eigenvalue weighted by Gasteiger charge is -1.94. The minimum Gasteiger partial charge on any atom is -0.588 e. The summed E-state index contributed by atoms with van der Waals surface area (Å²) >= 11 is 17.1. The fourth-order valence-electron chi connectivity index (χ4n) is 0.500. The number of halogens is 8. The highest BCUT2D eigenvalue weighted by atomic mass is 35.7. The molecular weight excluding hydrogens is 482 g/mol. The summed E-state index contributed by atoms with van der Waals surface area (Å²) in [5.74, 6) is 2.21. The van der Waals surface area contributed by atoms with E-state index in [4.69, 9.17) is 96.1 Å². The van der Waals surface area contributed by atoms with Crippen molar-refractivity contribution in [2.24, 2.45) is 0 Å². The Kier molecular flexibility index (Phi) is 38.8. The third-order valence-corrected chi connectivity index (χ3v) is 7.06. The van der Waals surface area contributed by atoms with E-state index in [1.54, 1.807) is 0 Å². The Balaban J connectivity index is -0.000000231. The molecule has 0 amide bonds. The van der Waals surface area contributed by atoms with Crippen molar-refractivity contribution in [3.63, 3.8) is 0 Å². The average molecular weight is 498 g/mol. The summed E-state index contributed by atoms with van der Waals surface area (Å²) in [6.07, 6.45) is 0. The SMILES string of the molecule is ClCCOCCCl.ClCCOCCCl.[Cl][Al]([Cl])[O][Al]([Cl])[Cl]. The Morgan fingerprint density at radius 1 is 0.524 bits per heavy atom. The lowest BCUT2D eigenvalue weighted by Crippen LogP contribution is -2.09. The van der Waals surface area contributed by atoms with Gasteiger partial charge in [-0.1, -0.05) is 0 Å². The largest absolute Gasteiger partial charge is 0.696 e. The monoisotopic (exact) mass is 494 g/mol. The van der Waals surface area contributed by atoms with Gasteiger partial charge in [0, 0.05) is 23.5 Å². The molecule has 0 fully saturated rings. The summed E-state index contributed by atoms with van der Waals surface area (Å²) < 4.78 is 14.3. The van der Waals surface area contributed by atoms with Crippen LogP contribution in [0.1, 0.15) is 0 Å². The molecule has 0 aromatic heterocycles. The maximum atomic E-state index is 5.27. The Bertz CT molecular complexity index is 148. The first-order valence-corrected chi connectivity index (χ1v) is 15.6. The van der Waals surface area contributed by atoms with Crippen LogP contribution in [0.15, 0.2) is 0 Å². The molecule has 0 rings (SSSR count). The summed E-state index contributed by atoms with van der Waals surface area (Å²) in [4.78, 5) is 0. The average Bonchev–Trinajstić information content (AvgIpc) is 2.40. The van der Waals surface area contributed by atoms with E-state index in [-0.39, 0.29) is 0 Å². The topological polar surface area (TPSA) is 27.7 Å². The highest BCUT2D eigenvalue weighted by Gasteiger charge is 2.23. The molecule has 0 unspecified atom stereocenters. The Labute approximate surface area is 172 Å². The van der Waals surface area contributed by atoms with Gasteiger partial charge in [-0.3, -0.25) is 0 Å². The summed E-state index contributed by atoms with van der Waals surface area (Å²) in [7, 11) is 20.9. The van der Waals surface area contributed by atoms with E-state index < -0.39 is 25.3 Å². The molecule has 0 saturated carbocycles. The van der Waals surface area contributed by atoms with Gasteiger partial charge in [-0.2, -0.15) is 0 Å². The molecule has 0 aliphatic heterocycles. The van der Waals surface area contributed by atoms with Gasteiger partial charge < -0.3 is 12.3 Å². The van der Waals surface area contributed by atoms with E-state index in [0.29, 0.717) is 49.9 Å². The summed E-state index contributed by atoms with van der Waals surface area (Å²) in [6.45, 7) is 2.42. The van der Waals surface area contributed by atoms with Gasteiger partial charge >= 0.3 is 25.3 Å². The van der Waals surface area contributed by atoms with E-state index in [1.165, 1.54) is 0 Å². The van der Waals surface area contributed by atoms with Crippen molar-refractivity contribution in [2.75, 3.05) is 49.9 Å². The predicted molar refractivity (Wildman–Crippen MR) is 101 cm³/mol. The standard InChI is InChI=1S/2C4H8Cl2O.2Al.4ClH.O/c2*5-1-3-7-4-2-6;;;;;;;/h2*1-4H2;;;4*1H;/q;;2*+2;;;;;/p-4. The number of ether oxygens (including phenoxy) is 2. The van der Waals surface area contributed by atoms with Crippen LogP contribution >= 0.6 is 86.6 Å². The molecule has 0 bridgehead atoms. The van der Waals surface area contributed by atoms with Crippen LogP contribution in [0.25, 0.3) is 0 Å². The molecule has 0 heterocycles. The van der Waals surface area contributed by atoms with Gasteiger partial charge in [0.25, 0.3) is 0 Å². The molecule has 0 aliphatic rings. The Morgan fingerprint density at radius 3 is 0.857 bits per heavy atom. The molecule has 0 N–H and O–H groups in total. The Hall–Kier alpha value is 3.26. The van der Waals surface area contributed by atoms with Gasteiger partial charge in [0.15, 0.2) is 0 Å². The van der Waals surface area contributed by atoms with Crippen LogP contribution in [-0.2, 0) is 12.3 Å². The van der Waals surface area contributed by atoms with Gasteiger partial charge in [0.05, 0.1) is 26.4 Å². The molecule has 128 valence electrons. The molecule has 0 aromatic carbocycles. The maximum Gasteiger partial charge on any atom is 0.696 e. The van der Waals surface area contributed by atoms with Crippen molar-refractivity contribution in [2.45, 2.75) is 0 Å². The van der Waals surface area contributed by atoms with Crippen LogP contribution in [0.5, 0.6) is 0 Å². The van der Waals surface area contributed by atoms with E-state index in [9.17, 15) is 0 Å². The Morgan fingerprint density at radius 2 is 0.762 bits per heavy atom. The van der Waals surface area contributed by atoms with Gasteiger partial charge in [-0.25, -0.2) is 40.2 Å². The van der Waals surface area contributed by atoms with E-state index >= 15 is 0 Å². The lowest BCUT2D eigenvalue weighted by molar-refractivity contribution is 0.165. The van der Waals surface area contributed by atoms with Gasteiger partial charge in [-0.15, -0.1) is 46.4 Å². The molecule has 3 nitrogen and oxygen atoms in total. The lowest BCUT2D eigenvalue weighted by atomic mass is 10.8.